The van der Waals surface area contributed by atoms with Crippen LogP contribution in [0.15, 0.2) is 103 Å². The third kappa shape index (κ3) is 5.43. The van der Waals surface area contributed by atoms with Gasteiger partial charge in [0.15, 0.2) is 11.5 Å². The van der Waals surface area contributed by atoms with Crippen LogP contribution in [0.25, 0.3) is 10.9 Å². The fourth-order valence-corrected chi connectivity index (χ4v) is 5.76. The summed E-state index contributed by atoms with van der Waals surface area (Å²) in [5, 5.41) is 0.336. The maximum atomic E-state index is 14.3. The van der Waals surface area contributed by atoms with E-state index in [0.29, 0.717) is 37.3 Å². The smallest absolute Gasteiger partial charge is 0.415 e. The number of nitrogens with zero attached hydrogens (tertiary/aromatic N) is 3. The van der Waals surface area contributed by atoms with Gasteiger partial charge in [0.25, 0.3) is 11.8 Å². The molecule has 1 saturated heterocycles. The minimum atomic E-state index is -0.674. The van der Waals surface area contributed by atoms with E-state index in [1.54, 1.807) is 18.3 Å². The third-order valence-corrected chi connectivity index (χ3v) is 8.04. The molecule has 0 N–H and O–H groups in total. The van der Waals surface area contributed by atoms with Crippen LogP contribution in [0.5, 0.6) is 11.5 Å². The largest absolute Gasteiger partial charge is 0.478 e. The van der Waals surface area contributed by atoms with Gasteiger partial charge in [-0.3, -0.25) is 19.5 Å². The average molecular weight is 618 g/mol. The van der Waals surface area contributed by atoms with E-state index in [1.807, 2.05) is 60.7 Å². The number of hydrogen-bond donors (Lipinski definition) is 0. The molecule has 9 nitrogen and oxygen atoms in total. The van der Waals surface area contributed by atoms with Crippen LogP contribution >= 0.6 is 0 Å². The Morgan fingerprint density at radius 3 is 2.04 bits per heavy atom. The lowest BCUT2D eigenvalue weighted by Gasteiger charge is -2.27. The molecule has 5 aromatic rings. The first-order valence-corrected chi connectivity index (χ1v) is 14.9. The molecule has 3 heterocycles. The van der Waals surface area contributed by atoms with Crippen LogP contribution in [0.1, 0.15) is 43.5 Å². The van der Waals surface area contributed by atoms with Crippen molar-refractivity contribution >= 4 is 28.8 Å². The number of amides is 3. The average Bonchev–Trinajstić information content (AvgIpc) is 3.35. The first kappa shape index (κ1) is 29.1. The van der Waals surface area contributed by atoms with Gasteiger partial charge in [0.2, 0.25) is 0 Å². The highest BCUT2D eigenvalue weighted by Crippen LogP contribution is 2.46. The van der Waals surface area contributed by atoms with E-state index in [4.69, 9.17) is 14.2 Å². The summed E-state index contributed by atoms with van der Waals surface area (Å²) in [5.74, 6) is -1.73. The lowest BCUT2D eigenvalue weighted by Crippen LogP contribution is -2.42. The van der Waals surface area contributed by atoms with Gasteiger partial charge in [-0.15, -0.1) is 0 Å². The molecule has 10 heteroatoms. The van der Waals surface area contributed by atoms with Crippen molar-refractivity contribution in [1.29, 1.82) is 0 Å². The number of benzene rings is 4. The zero-order valence-electron chi connectivity index (χ0n) is 24.6. The van der Waals surface area contributed by atoms with Crippen molar-refractivity contribution in [2.45, 2.75) is 12.6 Å². The van der Waals surface area contributed by atoms with Crippen molar-refractivity contribution in [3.8, 4) is 11.5 Å². The topological polar surface area (TPSA) is 98.3 Å². The molecule has 2 aliphatic rings. The Kier molecular flexibility index (Phi) is 7.86. The highest BCUT2D eigenvalue weighted by molar-refractivity contribution is 6.27. The number of morpholine rings is 1. The summed E-state index contributed by atoms with van der Waals surface area (Å²) in [6.45, 7) is 1.21. The van der Waals surface area contributed by atoms with Crippen LogP contribution in [-0.2, 0) is 11.3 Å². The Morgan fingerprint density at radius 1 is 0.804 bits per heavy atom. The van der Waals surface area contributed by atoms with Crippen LogP contribution < -0.4 is 9.47 Å². The number of halogens is 1. The zero-order chi connectivity index (χ0) is 31.6. The molecule has 1 fully saturated rings. The van der Waals surface area contributed by atoms with Crippen LogP contribution in [0.4, 0.5) is 9.18 Å². The van der Waals surface area contributed by atoms with Gasteiger partial charge in [-0.2, -0.15) is 0 Å². The van der Waals surface area contributed by atoms with Crippen LogP contribution in [0, 0.1) is 5.82 Å². The summed E-state index contributed by atoms with van der Waals surface area (Å²) >= 11 is 0. The number of imide groups is 1. The highest BCUT2D eigenvalue weighted by atomic mass is 19.1. The molecule has 0 spiro atoms. The Balaban J connectivity index is 1.40. The van der Waals surface area contributed by atoms with E-state index in [1.165, 1.54) is 29.2 Å². The van der Waals surface area contributed by atoms with Gasteiger partial charge in [-0.05, 0) is 41.0 Å². The number of aromatic nitrogens is 1. The van der Waals surface area contributed by atoms with E-state index in [9.17, 15) is 18.8 Å². The standard InChI is InChI=1S/C36H28FN3O6/c37-26-15-13-23(14-16-26)22-40-34(41)28-29(35(40)42)33(45-31(24-8-3-1-4-9-24)25-10-5-2-6-11-25)30-27(12-7-17-38-30)32(28)46-36(43)39-18-20-44-21-19-39/h1-17,31H,18-22H2. The predicted octanol–water partition coefficient (Wildman–Crippen LogP) is 6.17. The van der Waals surface area contributed by atoms with Gasteiger partial charge in [0, 0.05) is 24.7 Å². The minimum Gasteiger partial charge on any atom is -0.478 e. The molecular formula is C36H28FN3O6. The van der Waals surface area contributed by atoms with Crippen molar-refractivity contribution in [3.63, 3.8) is 0 Å². The van der Waals surface area contributed by atoms with Crippen molar-refractivity contribution in [3.05, 3.63) is 137 Å². The normalized spacial score (nSPS) is 14.6. The van der Waals surface area contributed by atoms with Gasteiger partial charge in [0.05, 0.1) is 19.8 Å². The van der Waals surface area contributed by atoms with E-state index < -0.39 is 29.8 Å². The third-order valence-electron chi connectivity index (χ3n) is 8.04. The van der Waals surface area contributed by atoms with Crippen molar-refractivity contribution < 1.29 is 33.0 Å². The van der Waals surface area contributed by atoms with Gasteiger partial charge < -0.3 is 19.1 Å². The fourth-order valence-electron chi connectivity index (χ4n) is 5.76. The maximum Gasteiger partial charge on any atom is 0.415 e. The number of carbonyl (C=O) groups is 3. The number of fused-ring (bicyclic) bond motifs is 2. The van der Waals surface area contributed by atoms with Crippen LogP contribution in [-0.4, -0.2) is 59.0 Å². The van der Waals surface area contributed by atoms with E-state index in [2.05, 4.69) is 4.98 Å². The molecule has 0 atom stereocenters. The van der Waals surface area contributed by atoms with E-state index >= 15 is 0 Å². The summed E-state index contributed by atoms with van der Waals surface area (Å²) in [4.78, 5) is 49.0. The zero-order valence-corrected chi connectivity index (χ0v) is 24.6. The Hall–Kier alpha value is -5.61. The second-order valence-corrected chi connectivity index (χ2v) is 10.9. The van der Waals surface area contributed by atoms with Crippen LogP contribution in [0.2, 0.25) is 0 Å². The molecular weight excluding hydrogens is 589 g/mol. The molecule has 230 valence electrons. The lowest BCUT2D eigenvalue weighted by molar-refractivity contribution is 0.0416. The second kappa shape index (κ2) is 12.4. The number of pyridine rings is 1. The molecule has 4 aromatic carbocycles. The molecule has 0 unspecified atom stereocenters. The molecule has 0 bridgehead atoms. The monoisotopic (exact) mass is 617 g/mol. The SMILES string of the molecule is O=C(Oc1c2c(c(OC(c3ccccc3)c3ccccc3)c3ncccc13)C(=O)N(Cc1ccc(F)cc1)C2=O)N1CCOCC1. The minimum absolute atomic E-state index is 0.0556. The Labute approximate surface area is 263 Å². The van der Waals surface area contributed by atoms with E-state index in [-0.39, 0.29) is 34.7 Å². The molecule has 7 rings (SSSR count). The Bertz CT molecular complexity index is 1890. The van der Waals surface area contributed by atoms with Crippen molar-refractivity contribution in [2.24, 2.45) is 0 Å². The lowest BCUT2D eigenvalue weighted by atomic mass is 9.99. The fraction of sp³-hybridized carbons (Fsp3) is 0.167. The molecule has 0 saturated carbocycles. The summed E-state index contributed by atoms with van der Waals surface area (Å²) in [5.41, 5.74) is 2.28. The molecule has 2 aliphatic heterocycles. The predicted molar refractivity (Wildman–Crippen MR) is 166 cm³/mol. The van der Waals surface area contributed by atoms with Gasteiger partial charge in [0.1, 0.15) is 28.6 Å². The van der Waals surface area contributed by atoms with Gasteiger partial charge in [-0.25, -0.2) is 9.18 Å². The molecule has 0 radical (unpaired) electrons. The van der Waals surface area contributed by atoms with Gasteiger partial charge in [-0.1, -0.05) is 72.8 Å². The maximum absolute atomic E-state index is 14.3. The van der Waals surface area contributed by atoms with Crippen molar-refractivity contribution in [1.82, 2.24) is 14.8 Å². The second-order valence-electron chi connectivity index (χ2n) is 10.9. The number of hydrogen-bond acceptors (Lipinski definition) is 7. The molecule has 0 aliphatic carbocycles. The van der Waals surface area contributed by atoms with E-state index in [0.717, 1.165) is 16.0 Å². The van der Waals surface area contributed by atoms with Crippen molar-refractivity contribution in [2.75, 3.05) is 26.3 Å². The van der Waals surface area contributed by atoms with Gasteiger partial charge >= 0.3 is 6.09 Å². The summed E-state index contributed by atoms with van der Waals surface area (Å²) in [6.07, 6.45) is 0.202. The molecule has 3 amide bonds. The number of ether oxygens (including phenoxy) is 3. The summed E-state index contributed by atoms with van der Waals surface area (Å²) in [6, 6.07) is 27.9. The first-order chi connectivity index (χ1) is 22.5. The number of carbonyl (C=O) groups excluding carboxylic acids is 3. The number of rotatable bonds is 7. The molecule has 46 heavy (non-hydrogen) atoms. The highest BCUT2D eigenvalue weighted by Gasteiger charge is 2.44. The Morgan fingerprint density at radius 2 is 1.41 bits per heavy atom. The quantitative estimate of drug-likeness (QED) is 0.202. The first-order valence-electron chi connectivity index (χ1n) is 14.9. The summed E-state index contributed by atoms with van der Waals surface area (Å²) < 4.78 is 31.8. The summed E-state index contributed by atoms with van der Waals surface area (Å²) in [7, 11) is 0. The van der Waals surface area contributed by atoms with Crippen LogP contribution in [0.3, 0.4) is 0 Å². The molecule has 1 aromatic heterocycles.